The highest BCUT2D eigenvalue weighted by Crippen LogP contribution is 2.41. The van der Waals surface area contributed by atoms with Gasteiger partial charge in [0, 0.05) is 18.7 Å². The van der Waals surface area contributed by atoms with Gasteiger partial charge in [-0.15, -0.1) is 0 Å². The van der Waals surface area contributed by atoms with Crippen LogP contribution in [0.15, 0.2) is 78.9 Å². The second-order valence-corrected chi connectivity index (χ2v) is 10.5. The van der Waals surface area contributed by atoms with Crippen LogP contribution in [0.2, 0.25) is 0 Å². The van der Waals surface area contributed by atoms with E-state index in [-0.39, 0.29) is 23.3 Å². The molecule has 0 radical (unpaired) electrons. The van der Waals surface area contributed by atoms with E-state index in [9.17, 15) is 14.7 Å². The minimum Gasteiger partial charge on any atom is -0.507 e. The molecule has 3 aliphatic heterocycles. The Morgan fingerprint density at radius 1 is 1.02 bits per heavy atom. The molecule has 0 saturated heterocycles. The average molecular weight is 565 g/mol. The highest BCUT2D eigenvalue weighted by Gasteiger charge is 2.34. The van der Waals surface area contributed by atoms with Crippen molar-refractivity contribution >= 4 is 11.8 Å². The van der Waals surface area contributed by atoms with Gasteiger partial charge in [0.1, 0.15) is 17.2 Å². The molecule has 4 aromatic carbocycles. The van der Waals surface area contributed by atoms with Crippen molar-refractivity contribution in [2.75, 3.05) is 26.8 Å². The zero-order valence-electron chi connectivity index (χ0n) is 23.6. The summed E-state index contributed by atoms with van der Waals surface area (Å²) >= 11 is 0. The number of methoxy groups -OCH3 is 1. The standard InChI is InChI=1S/C34H32N2O6/c1-21-6-3-4-7-26(21)34(39)36-16-14-22-18-24-9-11-27(22)32(36)23-8-13-30(40-2)31(19-23)41-17-5-15-35-33(38)28-20-25(42-24)10-12-29(28)37/h3-4,6-13,18-20,32,37H,5,14-17H2,1-2H3,(H,35,38). The van der Waals surface area contributed by atoms with E-state index < -0.39 is 5.91 Å². The Balaban J connectivity index is 1.47. The lowest BCUT2D eigenvalue weighted by Crippen LogP contribution is -2.41. The number of carbonyl (C=O) groups excluding carboxylic acids is 2. The molecule has 42 heavy (non-hydrogen) atoms. The molecule has 8 nitrogen and oxygen atoms in total. The van der Waals surface area contributed by atoms with Crippen LogP contribution in [0.5, 0.6) is 28.7 Å². The van der Waals surface area contributed by atoms with Gasteiger partial charge in [-0.3, -0.25) is 9.59 Å². The number of ether oxygens (including phenoxy) is 3. The number of nitrogens with zero attached hydrogens (tertiary/aromatic N) is 1. The lowest BCUT2D eigenvalue weighted by molar-refractivity contribution is 0.0693. The molecule has 1 atom stereocenters. The predicted octanol–water partition coefficient (Wildman–Crippen LogP) is 5.80. The Kier molecular flexibility index (Phi) is 7.44. The normalized spacial score (nSPS) is 16.4. The van der Waals surface area contributed by atoms with E-state index in [0.29, 0.717) is 61.1 Å². The van der Waals surface area contributed by atoms with Gasteiger partial charge < -0.3 is 29.5 Å². The van der Waals surface area contributed by atoms with E-state index >= 15 is 0 Å². The quantitative estimate of drug-likeness (QED) is 0.319. The fourth-order valence-corrected chi connectivity index (χ4v) is 5.64. The number of rotatable bonds is 2. The average Bonchev–Trinajstić information content (AvgIpc) is 3.00. The van der Waals surface area contributed by atoms with Crippen molar-refractivity contribution in [1.29, 1.82) is 0 Å². The topological polar surface area (TPSA) is 97.3 Å². The van der Waals surface area contributed by atoms with Crippen LogP contribution >= 0.6 is 0 Å². The zero-order valence-corrected chi connectivity index (χ0v) is 23.6. The largest absolute Gasteiger partial charge is 0.507 e. The summed E-state index contributed by atoms with van der Waals surface area (Å²) in [7, 11) is 1.59. The first-order valence-corrected chi connectivity index (χ1v) is 14.0. The number of hydrogen-bond acceptors (Lipinski definition) is 6. The van der Waals surface area contributed by atoms with Crippen LogP contribution in [0.1, 0.15) is 55.4 Å². The maximum absolute atomic E-state index is 14.0. The molecule has 0 saturated carbocycles. The van der Waals surface area contributed by atoms with Gasteiger partial charge in [0.25, 0.3) is 11.8 Å². The second kappa shape index (κ2) is 11.5. The van der Waals surface area contributed by atoms with Gasteiger partial charge in [-0.1, -0.05) is 30.3 Å². The highest BCUT2D eigenvalue weighted by atomic mass is 16.5. The number of carbonyl (C=O) groups is 2. The van der Waals surface area contributed by atoms with Gasteiger partial charge in [-0.2, -0.15) is 0 Å². The number of phenolic OH excluding ortho intramolecular Hbond substituents is 1. The monoisotopic (exact) mass is 564 g/mol. The molecule has 0 aliphatic carbocycles. The van der Waals surface area contributed by atoms with Crippen molar-refractivity contribution in [3.63, 3.8) is 0 Å². The van der Waals surface area contributed by atoms with Gasteiger partial charge in [0.15, 0.2) is 11.5 Å². The van der Waals surface area contributed by atoms with E-state index in [2.05, 4.69) is 5.32 Å². The number of hydrogen-bond donors (Lipinski definition) is 2. The summed E-state index contributed by atoms with van der Waals surface area (Å²) in [5.41, 5.74) is 4.69. The highest BCUT2D eigenvalue weighted by molar-refractivity contribution is 5.97. The molecule has 8 bridgehead atoms. The first-order valence-electron chi connectivity index (χ1n) is 14.0. The van der Waals surface area contributed by atoms with Gasteiger partial charge in [-0.05, 0) is 90.6 Å². The van der Waals surface area contributed by atoms with Crippen LogP contribution in [0, 0.1) is 6.92 Å². The van der Waals surface area contributed by atoms with Crippen LogP contribution in [-0.2, 0) is 6.42 Å². The van der Waals surface area contributed by atoms with Crippen molar-refractivity contribution < 1.29 is 28.9 Å². The summed E-state index contributed by atoms with van der Waals surface area (Å²) < 4.78 is 17.9. The fourth-order valence-electron chi connectivity index (χ4n) is 5.64. The molecule has 0 fully saturated rings. The van der Waals surface area contributed by atoms with Crippen LogP contribution in [0.4, 0.5) is 0 Å². The molecule has 3 heterocycles. The van der Waals surface area contributed by atoms with Crippen LogP contribution < -0.4 is 19.5 Å². The number of fused-ring (bicyclic) bond motifs is 6. The number of nitrogens with one attached hydrogen (secondary N) is 1. The molecule has 0 aromatic heterocycles. The second-order valence-electron chi connectivity index (χ2n) is 10.5. The molecule has 3 aliphatic rings. The molecule has 2 N–H and O–H groups in total. The minimum atomic E-state index is -0.398. The SMILES string of the molecule is COc1ccc2cc1OCCCNC(=O)c1cc(ccc1O)Oc1ccc3c(c1)CCN(C(=O)c1ccccc1C)C23. The number of amides is 2. The lowest BCUT2D eigenvalue weighted by Gasteiger charge is -2.38. The molecule has 2 amide bonds. The summed E-state index contributed by atoms with van der Waals surface area (Å²) in [5, 5.41) is 13.2. The third kappa shape index (κ3) is 5.23. The van der Waals surface area contributed by atoms with Crippen molar-refractivity contribution in [2.24, 2.45) is 0 Å². The number of aryl methyl sites for hydroxylation is 1. The van der Waals surface area contributed by atoms with E-state index in [1.165, 1.54) is 12.1 Å². The van der Waals surface area contributed by atoms with Gasteiger partial charge in [0.05, 0.1) is 25.3 Å². The van der Waals surface area contributed by atoms with Crippen LogP contribution in [0.25, 0.3) is 0 Å². The van der Waals surface area contributed by atoms with E-state index in [0.717, 1.165) is 22.3 Å². The zero-order chi connectivity index (χ0) is 29.2. The Morgan fingerprint density at radius 3 is 2.67 bits per heavy atom. The first-order chi connectivity index (χ1) is 20.4. The molecule has 8 heteroatoms. The van der Waals surface area contributed by atoms with Gasteiger partial charge in [0.2, 0.25) is 0 Å². The Labute approximate surface area is 244 Å². The summed E-state index contributed by atoms with van der Waals surface area (Å²) in [5.74, 6) is 1.62. The molecular weight excluding hydrogens is 532 g/mol. The van der Waals surface area contributed by atoms with Crippen molar-refractivity contribution in [3.8, 4) is 28.7 Å². The third-order valence-electron chi connectivity index (χ3n) is 7.80. The van der Waals surface area contributed by atoms with E-state index in [1.807, 2.05) is 72.5 Å². The smallest absolute Gasteiger partial charge is 0.255 e. The maximum atomic E-state index is 14.0. The number of benzene rings is 4. The molecule has 4 aromatic rings. The molecule has 0 spiro atoms. The summed E-state index contributed by atoms with van der Waals surface area (Å²) in [4.78, 5) is 28.7. The minimum absolute atomic E-state index is 0.0307. The Morgan fingerprint density at radius 2 is 1.83 bits per heavy atom. The predicted molar refractivity (Wildman–Crippen MR) is 158 cm³/mol. The van der Waals surface area contributed by atoms with E-state index in [4.69, 9.17) is 14.2 Å². The maximum Gasteiger partial charge on any atom is 0.255 e. The third-order valence-corrected chi connectivity index (χ3v) is 7.80. The lowest BCUT2D eigenvalue weighted by atomic mass is 9.87. The first kappa shape index (κ1) is 27.2. The summed E-state index contributed by atoms with van der Waals surface area (Å²) in [6.45, 7) is 3.14. The van der Waals surface area contributed by atoms with E-state index in [1.54, 1.807) is 13.2 Å². The molecule has 1 unspecified atom stereocenters. The van der Waals surface area contributed by atoms with Gasteiger partial charge >= 0.3 is 0 Å². The van der Waals surface area contributed by atoms with Crippen molar-refractivity contribution in [1.82, 2.24) is 10.2 Å². The fraction of sp³-hybridized carbons (Fsp3) is 0.235. The van der Waals surface area contributed by atoms with Gasteiger partial charge in [-0.25, -0.2) is 0 Å². The Bertz CT molecular complexity index is 1670. The summed E-state index contributed by atoms with van der Waals surface area (Å²) in [6, 6.07) is 23.5. The molecular formula is C34H32N2O6. The Hall–Kier alpha value is -4.98. The molecule has 214 valence electrons. The van der Waals surface area contributed by atoms with Crippen LogP contribution in [0.3, 0.4) is 0 Å². The van der Waals surface area contributed by atoms with Crippen molar-refractivity contribution in [3.05, 3.63) is 112 Å². The number of phenols is 1. The summed E-state index contributed by atoms with van der Waals surface area (Å²) in [6.07, 6.45) is 1.17. The van der Waals surface area contributed by atoms with Crippen LogP contribution in [-0.4, -0.2) is 48.6 Å². The molecule has 7 rings (SSSR count). The van der Waals surface area contributed by atoms with Crippen molar-refractivity contribution in [2.45, 2.75) is 25.8 Å². The number of aromatic hydroxyl groups is 1.